The Kier molecular flexibility index (Phi) is 5.31. The van der Waals surface area contributed by atoms with Crippen LogP contribution in [0, 0.1) is 0 Å². The van der Waals surface area contributed by atoms with Crippen molar-refractivity contribution < 1.29 is 4.79 Å². The van der Waals surface area contributed by atoms with E-state index in [4.69, 9.17) is 5.73 Å². The minimum atomic E-state index is 0.0844. The Morgan fingerprint density at radius 2 is 1.69 bits per heavy atom. The Morgan fingerprint density at radius 1 is 1.00 bits per heavy atom. The molecular formula is C22H26N6O. The van der Waals surface area contributed by atoms with Gasteiger partial charge in [-0.3, -0.25) is 9.69 Å². The van der Waals surface area contributed by atoms with Gasteiger partial charge in [-0.25, -0.2) is 9.97 Å². The van der Waals surface area contributed by atoms with Crippen LogP contribution in [0.15, 0.2) is 48.5 Å². The number of benzene rings is 2. The summed E-state index contributed by atoms with van der Waals surface area (Å²) in [6.45, 7) is 3.60. The molecule has 1 amide bonds. The van der Waals surface area contributed by atoms with Gasteiger partial charge in [0.2, 0.25) is 0 Å². The summed E-state index contributed by atoms with van der Waals surface area (Å²) in [4.78, 5) is 28.1. The molecule has 0 atom stereocenters. The smallest absolute Gasteiger partial charge is 0.253 e. The van der Waals surface area contributed by atoms with E-state index in [1.807, 2.05) is 72.4 Å². The Hall–Kier alpha value is -3.19. The number of piperazine rings is 1. The summed E-state index contributed by atoms with van der Waals surface area (Å²) in [5.74, 6) is 1.32. The lowest BCUT2D eigenvalue weighted by Gasteiger charge is -2.34. The molecule has 0 saturated carbocycles. The number of rotatable bonds is 4. The van der Waals surface area contributed by atoms with E-state index in [1.165, 1.54) is 0 Å². The SMILES string of the molecule is CN(C)c1ccc(C(=O)N2CCN(Cc3nc(N)c4ccccc4n3)CC2)cc1. The van der Waals surface area contributed by atoms with Crippen molar-refractivity contribution in [1.29, 1.82) is 0 Å². The summed E-state index contributed by atoms with van der Waals surface area (Å²) >= 11 is 0. The Bertz CT molecular complexity index is 1010. The number of para-hydroxylation sites is 1. The van der Waals surface area contributed by atoms with Gasteiger partial charge in [-0.2, -0.15) is 0 Å². The molecule has 1 saturated heterocycles. The number of hydrogen-bond acceptors (Lipinski definition) is 6. The summed E-state index contributed by atoms with van der Waals surface area (Å²) in [5.41, 5.74) is 8.77. The van der Waals surface area contributed by atoms with Crippen LogP contribution in [0.2, 0.25) is 0 Å². The van der Waals surface area contributed by atoms with Crippen molar-refractivity contribution in [2.75, 3.05) is 50.9 Å². The van der Waals surface area contributed by atoms with Crippen molar-refractivity contribution >= 4 is 28.3 Å². The van der Waals surface area contributed by atoms with Crippen LogP contribution in [0.4, 0.5) is 11.5 Å². The molecule has 0 aliphatic carbocycles. The first-order valence-corrected chi connectivity index (χ1v) is 9.81. The highest BCUT2D eigenvalue weighted by atomic mass is 16.2. The number of anilines is 2. The average molecular weight is 390 g/mol. The summed E-state index contributed by atoms with van der Waals surface area (Å²) < 4.78 is 0. The molecular weight excluding hydrogens is 364 g/mol. The molecule has 1 aliphatic heterocycles. The zero-order valence-corrected chi connectivity index (χ0v) is 16.9. The lowest BCUT2D eigenvalue weighted by Crippen LogP contribution is -2.48. The summed E-state index contributed by atoms with van der Waals surface area (Å²) in [6, 6.07) is 15.5. The zero-order valence-electron chi connectivity index (χ0n) is 16.9. The van der Waals surface area contributed by atoms with E-state index in [-0.39, 0.29) is 5.91 Å². The van der Waals surface area contributed by atoms with E-state index in [0.29, 0.717) is 25.5 Å². The molecule has 0 spiro atoms. The molecule has 1 aliphatic rings. The van der Waals surface area contributed by atoms with Gasteiger partial charge in [-0.05, 0) is 36.4 Å². The summed E-state index contributed by atoms with van der Waals surface area (Å²) in [7, 11) is 3.98. The molecule has 4 rings (SSSR count). The van der Waals surface area contributed by atoms with E-state index in [0.717, 1.165) is 41.1 Å². The highest BCUT2D eigenvalue weighted by Crippen LogP contribution is 2.19. The summed E-state index contributed by atoms with van der Waals surface area (Å²) in [5, 5.41) is 0.881. The standard InChI is InChI=1S/C22H26N6O/c1-26(2)17-9-7-16(8-10-17)22(29)28-13-11-27(12-14-28)15-20-24-19-6-4-3-5-18(19)21(23)25-20/h3-10H,11-15H2,1-2H3,(H2,23,24,25). The number of aromatic nitrogens is 2. The monoisotopic (exact) mass is 390 g/mol. The molecule has 0 bridgehead atoms. The first-order chi connectivity index (χ1) is 14.0. The highest BCUT2D eigenvalue weighted by molar-refractivity contribution is 5.94. The average Bonchev–Trinajstić information content (AvgIpc) is 2.74. The third-order valence-corrected chi connectivity index (χ3v) is 5.33. The maximum atomic E-state index is 12.8. The Balaban J connectivity index is 1.37. The van der Waals surface area contributed by atoms with E-state index in [2.05, 4.69) is 14.9 Å². The van der Waals surface area contributed by atoms with Crippen molar-refractivity contribution in [3.05, 3.63) is 59.9 Å². The lowest BCUT2D eigenvalue weighted by atomic mass is 10.1. The van der Waals surface area contributed by atoms with Crippen LogP contribution < -0.4 is 10.6 Å². The fourth-order valence-corrected chi connectivity index (χ4v) is 3.62. The molecule has 2 N–H and O–H groups in total. The van der Waals surface area contributed by atoms with Gasteiger partial charge in [0.05, 0.1) is 12.1 Å². The van der Waals surface area contributed by atoms with Crippen LogP contribution in [0.25, 0.3) is 10.9 Å². The number of amides is 1. The lowest BCUT2D eigenvalue weighted by molar-refractivity contribution is 0.0625. The van der Waals surface area contributed by atoms with Crippen LogP contribution in [0.1, 0.15) is 16.2 Å². The van der Waals surface area contributed by atoms with E-state index in [1.54, 1.807) is 0 Å². The molecule has 1 fully saturated rings. The van der Waals surface area contributed by atoms with Crippen LogP contribution in [-0.2, 0) is 6.54 Å². The predicted octanol–water partition coefficient (Wildman–Crippen LogP) is 2.24. The molecule has 0 radical (unpaired) electrons. The second kappa shape index (κ2) is 8.05. The van der Waals surface area contributed by atoms with Crippen molar-refractivity contribution in [3.63, 3.8) is 0 Å². The molecule has 3 aromatic rings. The van der Waals surface area contributed by atoms with E-state index in [9.17, 15) is 4.79 Å². The highest BCUT2D eigenvalue weighted by Gasteiger charge is 2.23. The van der Waals surface area contributed by atoms with Gasteiger partial charge in [0.25, 0.3) is 5.91 Å². The van der Waals surface area contributed by atoms with Crippen LogP contribution in [0.3, 0.4) is 0 Å². The topological polar surface area (TPSA) is 78.6 Å². The number of nitrogens with zero attached hydrogens (tertiary/aromatic N) is 5. The maximum Gasteiger partial charge on any atom is 0.253 e. The van der Waals surface area contributed by atoms with Crippen molar-refractivity contribution in [3.8, 4) is 0 Å². The van der Waals surface area contributed by atoms with Gasteiger partial charge >= 0.3 is 0 Å². The van der Waals surface area contributed by atoms with Gasteiger partial charge in [-0.1, -0.05) is 12.1 Å². The number of nitrogen functional groups attached to an aromatic ring is 1. The molecule has 150 valence electrons. The van der Waals surface area contributed by atoms with Crippen molar-refractivity contribution in [2.45, 2.75) is 6.54 Å². The Labute approximate surface area is 170 Å². The van der Waals surface area contributed by atoms with E-state index >= 15 is 0 Å². The van der Waals surface area contributed by atoms with E-state index < -0.39 is 0 Å². The summed E-state index contributed by atoms with van der Waals surface area (Å²) in [6.07, 6.45) is 0. The molecule has 2 heterocycles. The fraction of sp³-hybridized carbons (Fsp3) is 0.318. The van der Waals surface area contributed by atoms with Crippen molar-refractivity contribution in [2.24, 2.45) is 0 Å². The minimum Gasteiger partial charge on any atom is -0.383 e. The second-order valence-corrected chi connectivity index (χ2v) is 7.55. The van der Waals surface area contributed by atoms with Crippen molar-refractivity contribution in [1.82, 2.24) is 19.8 Å². The van der Waals surface area contributed by atoms with Crippen LogP contribution >= 0.6 is 0 Å². The first kappa shape index (κ1) is 19.1. The first-order valence-electron chi connectivity index (χ1n) is 9.81. The largest absolute Gasteiger partial charge is 0.383 e. The molecule has 7 heteroatoms. The van der Waals surface area contributed by atoms with Crippen LogP contribution in [0.5, 0.6) is 0 Å². The molecule has 2 aromatic carbocycles. The third-order valence-electron chi connectivity index (χ3n) is 5.33. The molecule has 7 nitrogen and oxygen atoms in total. The predicted molar refractivity (Wildman–Crippen MR) is 116 cm³/mol. The zero-order chi connectivity index (χ0) is 20.4. The van der Waals surface area contributed by atoms with Crippen LogP contribution in [-0.4, -0.2) is 65.9 Å². The Morgan fingerprint density at radius 3 is 2.38 bits per heavy atom. The minimum absolute atomic E-state index is 0.0844. The van der Waals surface area contributed by atoms with Gasteiger partial charge < -0.3 is 15.5 Å². The molecule has 29 heavy (non-hydrogen) atoms. The molecule has 0 unspecified atom stereocenters. The quantitative estimate of drug-likeness (QED) is 0.736. The number of carbonyl (C=O) groups excluding carboxylic acids is 1. The number of fused-ring (bicyclic) bond motifs is 1. The van der Waals surface area contributed by atoms with Gasteiger partial charge in [-0.15, -0.1) is 0 Å². The number of carbonyl (C=O) groups is 1. The number of nitrogens with two attached hydrogens (primary N) is 1. The number of hydrogen-bond donors (Lipinski definition) is 1. The molecule has 1 aromatic heterocycles. The maximum absolute atomic E-state index is 12.8. The normalized spacial score (nSPS) is 14.9. The third kappa shape index (κ3) is 4.14. The van der Waals surface area contributed by atoms with Gasteiger partial charge in [0, 0.05) is 56.9 Å². The van der Waals surface area contributed by atoms with Gasteiger partial charge in [0.15, 0.2) is 0 Å². The van der Waals surface area contributed by atoms with Gasteiger partial charge in [0.1, 0.15) is 11.6 Å². The fourth-order valence-electron chi connectivity index (χ4n) is 3.62. The second-order valence-electron chi connectivity index (χ2n) is 7.55.